The molecule has 0 fully saturated rings. The molecule has 18 heavy (non-hydrogen) atoms. The number of nitrogens with one attached hydrogen (secondary N) is 1. The predicted molar refractivity (Wildman–Crippen MR) is 69.4 cm³/mol. The van der Waals surface area contributed by atoms with Crippen LogP contribution in [0.4, 0.5) is 4.39 Å². The van der Waals surface area contributed by atoms with E-state index in [1.54, 1.807) is 18.3 Å². The van der Waals surface area contributed by atoms with Gasteiger partial charge in [-0.15, -0.1) is 0 Å². The SMILES string of the molecule is CN(CCN)Cc1[nH]ncc1-c1ccc(F)cc1. The Labute approximate surface area is 106 Å². The summed E-state index contributed by atoms with van der Waals surface area (Å²) < 4.78 is 12.9. The molecule has 0 bridgehead atoms. The monoisotopic (exact) mass is 248 g/mol. The van der Waals surface area contributed by atoms with E-state index >= 15 is 0 Å². The van der Waals surface area contributed by atoms with Gasteiger partial charge < -0.3 is 5.73 Å². The molecule has 0 atom stereocenters. The average molecular weight is 248 g/mol. The van der Waals surface area contributed by atoms with Crippen LogP contribution >= 0.6 is 0 Å². The Kier molecular flexibility index (Phi) is 4.07. The zero-order valence-electron chi connectivity index (χ0n) is 10.4. The summed E-state index contributed by atoms with van der Waals surface area (Å²) in [6.07, 6.45) is 1.76. The normalized spacial score (nSPS) is 11.1. The number of benzene rings is 1. The summed E-state index contributed by atoms with van der Waals surface area (Å²) in [6.45, 7) is 2.18. The molecule has 3 N–H and O–H groups in total. The van der Waals surface area contributed by atoms with Crippen molar-refractivity contribution in [2.24, 2.45) is 5.73 Å². The number of rotatable bonds is 5. The predicted octanol–water partition coefficient (Wildman–Crippen LogP) is 1.61. The molecule has 0 aliphatic heterocycles. The first-order valence-corrected chi connectivity index (χ1v) is 5.87. The second-order valence-electron chi connectivity index (χ2n) is 4.30. The Morgan fingerprint density at radius 3 is 2.72 bits per heavy atom. The van der Waals surface area contributed by atoms with E-state index in [1.165, 1.54) is 12.1 Å². The summed E-state index contributed by atoms with van der Waals surface area (Å²) in [4.78, 5) is 2.11. The summed E-state index contributed by atoms with van der Waals surface area (Å²) in [5.74, 6) is -0.232. The number of halogens is 1. The quantitative estimate of drug-likeness (QED) is 0.845. The molecule has 0 spiro atoms. The summed E-state index contributed by atoms with van der Waals surface area (Å²) in [5, 5.41) is 7.04. The largest absolute Gasteiger partial charge is 0.329 e. The highest BCUT2D eigenvalue weighted by Gasteiger charge is 2.09. The zero-order chi connectivity index (χ0) is 13.0. The van der Waals surface area contributed by atoms with E-state index in [1.807, 2.05) is 7.05 Å². The van der Waals surface area contributed by atoms with Crippen molar-refractivity contribution in [3.05, 3.63) is 42.0 Å². The first kappa shape index (κ1) is 12.7. The van der Waals surface area contributed by atoms with E-state index in [0.29, 0.717) is 6.54 Å². The maximum Gasteiger partial charge on any atom is 0.123 e. The van der Waals surface area contributed by atoms with Crippen LogP contribution in [0.1, 0.15) is 5.69 Å². The smallest absolute Gasteiger partial charge is 0.123 e. The molecule has 5 heteroatoms. The topological polar surface area (TPSA) is 57.9 Å². The lowest BCUT2D eigenvalue weighted by atomic mass is 10.1. The molecule has 1 aromatic heterocycles. The summed E-state index contributed by atoms with van der Waals surface area (Å²) in [6, 6.07) is 6.42. The number of aromatic amines is 1. The zero-order valence-corrected chi connectivity index (χ0v) is 10.4. The number of hydrogen-bond donors (Lipinski definition) is 2. The second kappa shape index (κ2) is 5.75. The molecule has 0 unspecified atom stereocenters. The summed E-state index contributed by atoms with van der Waals surface area (Å²) in [5.41, 5.74) is 8.49. The van der Waals surface area contributed by atoms with Crippen molar-refractivity contribution in [1.29, 1.82) is 0 Å². The molecular formula is C13H17FN4. The van der Waals surface area contributed by atoms with Gasteiger partial charge in [-0.3, -0.25) is 10.00 Å². The van der Waals surface area contributed by atoms with Gasteiger partial charge in [-0.2, -0.15) is 5.10 Å². The first-order valence-electron chi connectivity index (χ1n) is 5.87. The number of nitrogens with two attached hydrogens (primary N) is 1. The van der Waals surface area contributed by atoms with Gasteiger partial charge >= 0.3 is 0 Å². The number of hydrogen-bond acceptors (Lipinski definition) is 3. The molecule has 0 saturated carbocycles. The van der Waals surface area contributed by atoms with Crippen molar-refractivity contribution in [2.75, 3.05) is 20.1 Å². The van der Waals surface area contributed by atoms with Crippen LogP contribution in [-0.4, -0.2) is 35.2 Å². The van der Waals surface area contributed by atoms with Gasteiger partial charge in [-0.05, 0) is 24.7 Å². The lowest BCUT2D eigenvalue weighted by Crippen LogP contribution is -2.25. The van der Waals surface area contributed by atoms with Crippen LogP contribution in [0.5, 0.6) is 0 Å². The van der Waals surface area contributed by atoms with Crippen LogP contribution in [0.3, 0.4) is 0 Å². The molecule has 0 amide bonds. The number of likely N-dealkylation sites (N-methyl/N-ethyl adjacent to an activating group) is 1. The van der Waals surface area contributed by atoms with Gasteiger partial charge in [0.1, 0.15) is 5.82 Å². The van der Waals surface area contributed by atoms with Crippen molar-refractivity contribution in [1.82, 2.24) is 15.1 Å². The minimum absolute atomic E-state index is 0.232. The molecule has 0 radical (unpaired) electrons. The average Bonchev–Trinajstić information content (AvgIpc) is 2.78. The van der Waals surface area contributed by atoms with Crippen molar-refractivity contribution in [3.63, 3.8) is 0 Å². The lowest BCUT2D eigenvalue weighted by Gasteiger charge is -2.15. The third-order valence-electron chi connectivity index (χ3n) is 2.81. The Bertz CT molecular complexity index is 492. The summed E-state index contributed by atoms with van der Waals surface area (Å²) in [7, 11) is 2.00. The highest BCUT2D eigenvalue weighted by molar-refractivity contribution is 5.64. The van der Waals surface area contributed by atoms with E-state index in [-0.39, 0.29) is 5.82 Å². The van der Waals surface area contributed by atoms with Crippen molar-refractivity contribution < 1.29 is 4.39 Å². The Morgan fingerprint density at radius 1 is 1.33 bits per heavy atom. The summed E-state index contributed by atoms with van der Waals surface area (Å²) >= 11 is 0. The van der Waals surface area contributed by atoms with Crippen molar-refractivity contribution >= 4 is 0 Å². The van der Waals surface area contributed by atoms with Gasteiger partial charge in [0.2, 0.25) is 0 Å². The maximum atomic E-state index is 12.9. The minimum Gasteiger partial charge on any atom is -0.329 e. The number of nitrogens with zero attached hydrogens (tertiary/aromatic N) is 2. The van der Waals surface area contributed by atoms with Gasteiger partial charge in [0.25, 0.3) is 0 Å². The fourth-order valence-electron chi connectivity index (χ4n) is 1.88. The molecule has 96 valence electrons. The van der Waals surface area contributed by atoms with Gasteiger partial charge in [0.05, 0.1) is 11.9 Å². The Hall–Kier alpha value is -1.72. The van der Waals surface area contributed by atoms with E-state index in [0.717, 1.165) is 29.9 Å². The van der Waals surface area contributed by atoms with Crippen LogP contribution in [0, 0.1) is 5.82 Å². The van der Waals surface area contributed by atoms with Crippen LogP contribution in [-0.2, 0) is 6.54 Å². The fraction of sp³-hybridized carbons (Fsp3) is 0.308. The first-order chi connectivity index (χ1) is 8.70. The number of aromatic nitrogens is 2. The molecule has 4 nitrogen and oxygen atoms in total. The van der Waals surface area contributed by atoms with E-state index < -0.39 is 0 Å². The van der Waals surface area contributed by atoms with Crippen molar-refractivity contribution in [2.45, 2.75) is 6.54 Å². The molecule has 1 heterocycles. The van der Waals surface area contributed by atoms with E-state index in [2.05, 4.69) is 15.1 Å². The van der Waals surface area contributed by atoms with Crippen LogP contribution in [0.2, 0.25) is 0 Å². The third-order valence-corrected chi connectivity index (χ3v) is 2.81. The fourth-order valence-corrected chi connectivity index (χ4v) is 1.88. The van der Waals surface area contributed by atoms with Gasteiger partial charge in [-0.1, -0.05) is 12.1 Å². The molecule has 2 aromatic rings. The van der Waals surface area contributed by atoms with Crippen molar-refractivity contribution in [3.8, 4) is 11.1 Å². The molecule has 0 aliphatic carbocycles. The van der Waals surface area contributed by atoms with Crippen LogP contribution < -0.4 is 5.73 Å². The van der Waals surface area contributed by atoms with Crippen LogP contribution in [0.25, 0.3) is 11.1 Å². The van der Waals surface area contributed by atoms with Crippen LogP contribution in [0.15, 0.2) is 30.5 Å². The number of H-pyrrole nitrogens is 1. The molecule has 1 aromatic carbocycles. The highest BCUT2D eigenvalue weighted by atomic mass is 19.1. The van der Waals surface area contributed by atoms with E-state index in [4.69, 9.17) is 5.73 Å². The Morgan fingerprint density at radius 2 is 2.06 bits per heavy atom. The second-order valence-corrected chi connectivity index (χ2v) is 4.30. The molecular weight excluding hydrogens is 231 g/mol. The van der Waals surface area contributed by atoms with Gasteiger partial charge in [0.15, 0.2) is 0 Å². The van der Waals surface area contributed by atoms with Gasteiger partial charge in [0, 0.05) is 25.2 Å². The third kappa shape index (κ3) is 2.94. The standard InChI is InChI=1S/C13H17FN4/c1-18(7-6-15)9-13-12(8-16-17-13)10-2-4-11(14)5-3-10/h2-5,8H,6-7,9,15H2,1H3,(H,16,17). The van der Waals surface area contributed by atoms with Gasteiger partial charge in [-0.25, -0.2) is 4.39 Å². The molecule has 0 aliphatic rings. The minimum atomic E-state index is -0.232. The highest BCUT2D eigenvalue weighted by Crippen LogP contribution is 2.22. The Balaban J connectivity index is 2.19. The lowest BCUT2D eigenvalue weighted by molar-refractivity contribution is 0.332. The molecule has 2 rings (SSSR count). The molecule has 0 saturated heterocycles. The van der Waals surface area contributed by atoms with E-state index in [9.17, 15) is 4.39 Å². The maximum absolute atomic E-state index is 12.9.